The Hall–Kier alpha value is -3.62. The van der Waals surface area contributed by atoms with Crippen molar-refractivity contribution in [1.82, 2.24) is 0 Å². The number of amides is 1. The number of esters is 1. The van der Waals surface area contributed by atoms with Crippen molar-refractivity contribution in [2.75, 3.05) is 25.6 Å². The van der Waals surface area contributed by atoms with Crippen molar-refractivity contribution in [3.05, 3.63) is 58.1 Å². The molecule has 0 unspecified atom stereocenters. The van der Waals surface area contributed by atoms with E-state index >= 15 is 0 Å². The molecule has 0 saturated heterocycles. The van der Waals surface area contributed by atoms with E-state index in [4.69, 9.17) is 14.2 Å². The molecule has 0 bridgehead atoms. The van der Waals surface area contributed by atoms with Gasteiger partial charge in [0, 0.05) is 0 Å². The van der Waals surface area contributed by atoms with Crippen LogP contribution in [0.25, 0.3) is 0 Å². The number of rotatable bonds is 8. The van der Waals surface area contributed by atoms with Gasteiger partial charge in [0.05, 0.1) is 30.3 Å². The third-order valence-corrected chi connectivity index (χ3v) is 3.41. The Labute approximate surface area is 155 Å². The number of anilines is 1. The van der Waals surface area contributed by atoms with E-state index in [1.165, 1.54) is 37.4 Å². The lowest BCUT2D eigenvalue weighted by Gasteiger charge is -2.09. The smallest absolute Gasteiger partial charge is 0.338 e. The molecule has 2 aromatic rings. The minimum absolute atomic E-state index is 0.0195. The van der Waals surface area contributed by atoms with E-state index < -0.39 is 23.4 Å². The lowest BCUT2D eigenvalue weighted by Crippen LogP contribution is -2.21. The summed E-state index contributed by atoms with van der Waals surface area (Å²) in [6.45, 7) is 1.51. The second-order valence-electron chi connectivity index (χ2n) is 5.22. The number of benzene rings is 2. The standard InChI is InChI=1S/C18H18N2O7/c1-3-26-14-8-9-15(16(10-14)20(23)24)19-17(21)11-27-18(22)12-4-6-13(25-2)7-5-12/h4-10H,3,11H2,1-2H3,(H,19,21). The molecular weight excluding hydrogens is 356 g/mol. The van der Waals surface area contributed by atoms with Crippen molar-refractivity contribution in [2.45, 2.75) is 6.92 Å². The van der Waals surface area contributed by atoms with Gasteiger partial charge in [0.25, 0.3) is 11.6 Å². The summed E-state index contributed by atoms with van der Waals surface area (Å²) in [6.07, 6.45) is 0. The predicted molar refractivity (Wildman–Crippen MR) is 96.2 cm³/mol. The quantitative estimate of drug-likeness (QED) is 0.429. The zero-order valence-electron chi connectivity index (χ0n) is 14.8. The zero-order valence-corrected chi connectivity index (χ0v) is 14.8. The molecule has 1 N–H and O–H groups in total. The van der Waals surface area contributed by atoms with Crippen molar-refractivity contribution in [3.8, 4) is 11.5 Å². The van der Waals surface area contributed by atoms with Crippen LogP contribution in [-0.4, -0.2) is 37.1 Å². The number of nitro groups is 1. The number of ether oxygens (including phenoxy) is 3. The fourth-order valence-electron chi connectivity index (χ4n) is 2.15. The van der Waals surface area contributed by atoms with Crippen LogP contribution in [0.15, 0.2) is 42.5 Å². The molecule has 2 rings (SSSR count). The van der Waals surface area contributed by atoms with Crippen LogP contribution in [-0.2, 0) is 9.53 Å². The van der Waals surface area contributed by atoms with Crippen LogP contribution in [0.3, 0.4) is 0 Å². The SMILES string of the molecule is CCOc1ccc(NC(=O)COC(=O)c2ccc(OC)cc2)c([N+](=O)[O-])c1. The summed E-state index contributed by atoms with van der Waals surface area (Å²) < 4.78 is 15.1. The van der Waals surface area contributed by atoms with Crippen molar-refractivity contribution in [3.63, 3.8) is 0 Å². The van der Waals surface area contributed by atoms with Gasteiger partial charge in [-0.3, -0.25) is 14.9 Å². The Balaban J connectivity index is 1.98. The van der Waals surface area contributed by atoms with Crippen LogP contribution in [0.5, 0.6) is 11.5 Å². The highest BCUT2D eigenvalue weighted by molar-refractivity contribution is 5.96. The summed E-state index contributed by atoms with van der Waals surface area (Å²) in [5.41, 5.74) is -0.0969. The lowest BCUT2D eigenvalue weighted by atomic mass is 10.2. The summed E-state index contributed by atoms with van der Waals surface area (Å²) in [4.78, 5) is 34.4. The minimum Gasteiger partial charge on any atom is -0.497 e. The maximum Gasteiger partial charge on any atom is 0.338 e. The number of hydrogen-bond acceptors (Lipinski definition) is 7. The molecule has 0 heterocycles. The first-order valence-corrected chi connectivity index (χ1v) is 7.97. The van der Waals surface area contributed by atoms with Crippen LogP contribution in [0, 0.1) is 10.1 Å². The number of hydrogen-bond donors (Lipinski definition) is 1. The number of nitrogens with one attached hydrogen (secondary N) is 1. The molecule has 2 aromatic carbocycles. The lowest BCUT2D eigenvalue weighted by molar-refractivity contribution is -0.384. The molecule has 0 fully saturated rings. The average molecular weight is 374 g/mol. The van der Waals surface area contributed by atoms with Crippen molar-refractivity contribution in [1.29, 1.82) is 0 Å². The van der Waals surface area contributed by atoms with E-state index in [2.05, 4.69) is 5.32 Å². The van der Waals surface area contributed by atoms with E-state index in [9.17, 15) is 19.7 Å². The molecule has 0 radical (unpaired) electrons. The van der Waals surface area contributed by atoms with Gasteiger partial charge in [0.2, 0.25) is 0 Å². The zero-order chi connectivity index (χ0) is 19.8. The third kappa shape index (κ3) is 5.43. The molecular formula is C18H18N2O7. The fourth-order valence-corrected chi connectivity index (χ4v) is 2.15. The number of carbonyl (C=O) groups excluding carboxylic acids is 2. The van der Waals surface area contributed by atoms with Crippen LogP contribution in [0.2, 0.25) is 0 Å². The summed E-state index contributed by atoms with van der Waals surface area (Å²) in [5.74, 6) is -0.515. The molecule has 27 heavy (non-hydrogen) atoms. The van der Waals surface area contributed by atoms with E-state index in [1.807, 2.05) is 0 Å². The Bertz CT molecular complexity index is 834. The van der Waals surface area contributed by atoms with E-state index in [0.717, 1.165) is 0 Å². The highest BCUT2D eigenvalue weighted by Gasteiger charge is 2.18. The maximum atomic E-state index is 12.0. The second-order valence-corrected chi connectivity index (χ2v) is 5.22. The highest BCUT2D eigenvalue weighted by atomic mass is 16.6. The average Bonchev–Trinajstić information content (AvgIpc) is 2.67. The number of carbonyl (C=O) groups is 2. The van der Waals surface area contributed by atoms with Gasteiger partial charge in [0.1, 0.15) is 17.2 Å². The highest BCUT2D eigenvalue weighted by Crippen LogP contribution is 2.29. The fraction of sp³-hybridized carbons (Fsp3) is 0.222. The Morgan fingerprint density at radius 3 is 2.37 bits per heavy atom. The predicted octanol–water partition coefficient (Wildman–Crippen LogP) is 2.80. The molecule has 0 saturated carbocycles. The normalized spacial score (nSPS) is 10.0. The topological polar surface area (TPSA) is 117 Å². The number of nitro benzene ring substituents is 1. The van der Waals surface area contributed by atoms with Crippen LogP contribution >= 0.6 is 0 Å². The Morgan fingerprint density at radius 2 is 1.78 bits per heavy atom. The van der Waals surface area contributed by atoms with E-state index in [-0.39, 0.29) is 16.9 Å². The van der Waals surface area contributed by atoms with Gasteiger partial charge in [-0.2, -0.15) is 0 Å². The first-order chi connectivity index (χ1) is 12.9. The van der Waals surface area contributed by atoms with Gasteiger partial charge < -0.3 is 19.5 Å². The summed E-state index contributed by atoms with van der Waals surface area (Å²) in [6, 6.07) is 10.2. The van der Waals surface area contributed by atoms with Crippen LogP contribution < -0.4 is 14.8 Å². The molecule has 0 aliphatic rings. The summed E-state index contributed by atoms with van der Waals surface area (Å²) in [5, 5.41) is 13.5. The van der Waals surface area contributed by atoms with Crippen molar-refractivity contribution < 1.29 is 28.7 Å². The molecule has 0 aromatic heterocycles. The number of methoxy groups -OCH3 is 1. The van der Waals surface area contributed by atoms with Crippen molar-refractivity contribution in [2.24, 2.45) is 0 Å². The monoisotopic (exact) mass is 374 g/mol. The molecule has 1 amide bonds. The van der Waals surface area contributed by atoms with Gasteiger partial charge in [-0.05, 0) is 43.3 Å². The van der Waals surface area contributed by atoms with Crippen molar-refractivity contribution >= 4 is 23.3 Å². The van der Waals surface area contributed by atoms with Gasteiger partial charge in [-0.15, -0.1) is 0 Å². The molecule has 9 nitrogen and oxygen atoms in total. The Kier molecular flexibility index (Phi) is 6.70. The summed E-state index contributed by atoms with van der Waals surface area (Å²) >= 11 is 0. The van der Waals surface area contributed by atoms with E-state index in [1.54, 1.807) is 19.1 Å². The first-order valence-electron chi connectivity index (χ1n) is 7.97. The van der Waals surface area contributed by atoms with Crippen LogP contribution in [0.1, 0.15) is 17.3 Å². The van der Waals surface area contributed by atoms with Crippen LogP contribution in [0.4, 0.5) is 11.4 Å². The molecule has 9 heteroatoms. The molecule has 0 atom stereocenters. The number of nitrogens with zero attached hydrogens (tertiary/aromatic N) is 1. The maximum absolute atomic E-state index is 12.0. The van der Waals surface area contributed by atoms with Gasteiger partial charge in [0.15, 0.2) is 6.61 Å². The van der Waals surface area contributed by atoms with E-state index in [0.29, 0.717) is 18.1 Å². The van der Waals surface area contributed by atoms with Gasteiger partial charge in [-0.25, -0.2) is 4.79 Å². The second kappa shape index (κ2) is 9.18. The van der Waals surface area contributed by atoms with Gasteiger partial charge >= 0.3 is 5.97 Å². The molecule has 142 valence electrons. The summed E-state index contributed by atoms with van der Waals surface area (Å²) in [7, 11) is 1.50. The molecule has 0 aliphatic carbocycles. The molecule has 0 aliphatic heterocycles. The largest absolute Gasteiger partial charge is 0.497 e. The third-order valence-electron chi connectivity index (χ3n) is 3.41. The first kappa shape index (κ1) is 19.7. The molecule has 0 spiro atoms. The Morgan fingerprint density at radius 1 is 1.11 bits per heavy atom. The van der Waals surface area contributed by atoms with Gasteiger partial charge in [-0.1, -0.05) is 0 Å². The minimum atomic E-state index is -0.705.